The van der Waals surface area contributed by atoms with Crippen LogP contribution in [0.4, 0.5) is 0 Å². The van der Waals surface area contributed by atoms with Crippen molar-refractivity contribution in [1.29, 1.82) is 0 Å². The summed E-state index contributed by atoms with van der Waals surface area (Å²) in [6.45, 7) is 6.44. The van der Waals surface area contributed by atoms with Gasteiger partial charge in [0.1, 0.15) is 6.54 Å². The monoisotopic (exact) mass is 329 g/mol. The summed E-state index contributed by atoms with van der Waals surface area (Å²) in [4.78, 5) is 2.41. The average molecular weight is 329 g/mol. The van der Waals surface area contributed by atoms with E-state index in [-0.39, 0.29) is 0 Å². The Morgan fingerprint density at radius 2 is 1.88 bits per heavy atom. The zero-order chi connectivity index (χ0) is 17.2. The van der Waals surface area contributed by atoms with Crippen LogP contribution in [0.1, 0.15) is 19.5 Å². The van der Waals surface area contributed by atoms with Gasteiger partial charge in [0, 0.05) is 36.1 Å². The summed E-state index contributed by atoms with van der Waals surface area (Å²) in [5, 5.41) is 1.29. The molecule has 2 aliphatic rings. The lowest BCUT2D eigenvalue weighted by Crippen LogP contribution is -2.40. The number of hydrogen-bond acceptors (Lipinski definition) is 1. The van der Waals surface area contributed by atoms with Crippen LogP contribution in [0.15, 0.2) is 78.6 Å². The second-order valence-electron chi connectivity index (χ2n) is 6.64. The van der Waals surface area contributed by atoms with E-state index in [1.54, 1.807) is 0 Å². The predicted molar refractivity (Wildman–Crippen MR) is 105 cm³/mol. The summed E-state index contributed by atoms with van der Waals surface area (Å²) in [5.41, 5.74) is 3.95. The van der Waals surface area contributed by atoms with E-state index in [4.69, 9.17) is 0 Å². The minimum Gasteiger partial charge on any atom is -0.370 e. The zero-order valence-corrected chi connectivity index (χ0v) is 15.0. The number of pyridine rings is 1. The fourth-order valence-electron chi connectivity index (χ4n) is 4.00. The van der Waals surface area contributed by atoms with Gasteiger partial charge < -0.3 is 4.90 Å². The third-order valence-corrected chi connectivity index (χ3v) is 5.30. The molecule has 1 aliphatic heterocycles. The first kappa shape index (κ1) is 15.9. The maximum absolute atomic E-state index is 2.41. The van der Waals surface area contributed by atoms with E-state index in [0.717, 1.165) is 13.1 Å². The highest BCUT2D eigenvalue weighted by atomic mass is 15.1. The van der Waals surface area contributed by atoms with Crippen LogP contribution in [0.25, 0.3) is 17.0 Å². The van der Waals surface area contributed by atoms with Crippen molar-refractivity contribution in [2.75, 3.05) is 6.54 Å². The minimum absolute atomic E-state index is 0.423. The third kappa shape index (κ3) is 2.82. The number of para-hydroxylation sites is 1. The Labute approximate surface area is 150 Å². The minimum atomic E-state index is 0.423. The highest BCUT2D eigenvalue weighted by molar-refractivity contribution is 5.76. The summed E-state index contributed by atoms with van der Waals surface area (Å²) in [6, 6.07) is 13.5. The van der Waals surface area contributed by atoms with E-state index in [2.05, 4.69) is 102 Å². The molecule has 1 aromatic heterocycles. The Bertz CT molecular complexity index is 901. The molecule has 0 bridgehead atoms. The van der Waals surface area contributed by atoms with Gasteiger partial charge in [-0.15, -0.1) is 0 Å². The predicted octanol–water partition coefficient (Wildman–Crippen LogP) is 4.49. The molecule has 2 unspecified atom stereocenters. The van der Waals surface area contributed by atoms with E-state index in [1.807, 2.05) is 0 Å². The molecule has 25 heavy (non-hydrogen) atoms. The van der Waals surface area contributed by atoms with E-state index in [0.29, 0.717) is 12.0 Å². The van der Waals surface area contributed by atoms with Crippen molar-refractivity contribution in [2.45, 2.75) is 26.4 Å². The number of nitrogens with zero attached hydrogens (tertiary/aromatic N) is 2. The van der Waals surface area contributed by atoms with E-state index >= 15 is 0 Å². The van der Waals surface area contributed by atoms with E-state index in [1.165, 1.54) is 22.2 Å². The number of aromatic nitrogens is 1. The number of hydrogen-bond donors (Lipinski definition) is 0. The van der Waals surface area contributed by atoms with Crippen molar-refractivity contribution in [3.05, 3.63) is 84.2 Å². The molecule has 2 nitrogen and oxygen atoms in total. The van der Waals surface area contributed by atoms with Crippen molar-refractivity contribution >= 4 is 17.0 Å². The van der Waals surface area contributed by atoms with Crippen LogP contribution in [-0.4, -0.2) is 17.5 Å². The van der Waals surface area contributed by atoms with Crippen molar-refractivity contribution in [2.24, 2.45) is 5.92 Å². The lowest BCUT2D eigenvalue weighted by molar-refractivity contribution is -0.669. The van der Waals surface area contributed by atoms with Crippen LogP contribution < -0.4 is 4.57 Å². The van der Waals surface area contributed by atoms with Gasteiger partial charge in [-0.3, -0.25) is 0 Å². The Morgan fingerprint density at radius 1 is 1.04 bits per heavy atom. The molecule has 0 saturated carbocycles. The molecular weight excluding hydrogens is 304 g/mol. The number of fused-ring (bicyclic) bond motifs is 2. The molecular formula is C23H25N2+. The molecule has 2 atom stereocenters. The van der Waals surface area contributed by atoms with Crippen molar-refractivity contribution in [1.82, 2.24) is 4.90 Å². The smallest absolute Gasteiger partial charge is 0.212 e. The Hall–Kier alpha value is -2.61. The molecule has 0 spiro atoms. The van der Waals surface area contributed by atoms with Gasteiger partial charge in [0.25, 0.3) is 0 Å². The SMILES string of the molecule is CCN1C=C/C(=C\c2ccc3ccccc3[n+]2CC)C2C=CC=CC21. The highest BCUT2D eigenvalue weighted by Crippen LogP contribution is 2.31. The van der Waals surface area contributed by atoms with Crippen LogP contribution in [0.5, 0.6) is 0 Å². The van der Waals surface area contributed by atoms with Crippen LogP contribution in [-0.2, 0) is 6.54 Å². The lowest BCUT2D eigenvalue weighted by atomic mass is 9.84. The molecule has 0 saturated heterocycles. The van der Waals surface area contributed by atoms with Crippen LogP contribution in [0.3, 0.4) is 0 Å². The maximum atomic E-state index is 2.41. The molecule has 2 heteroatoms. The first-order valence-electron chi connectivity index (χ1n) is 9.24. The van der Waals surface area contributed by atoms with Gasteiger partial charge in [0.15, 0.2) is 0 Å². The second kappa shape index (κ2) is 6.72. The van der Waals surface area contributed by atoms with E-state index < -0.39 is 0 Å². The Kier molecular flexibility index (Phi) is 4.27. The molecule has 4 rings (SSSR count). The highest BCUT2D eigenvalue weighted by Gasteiger charge is 2.28. The third-order valence-electron chi connectivity index (χ3n) is 5.30. The summed E-state index contributed by atoms with van der Waals surface area (Å²) in [7, 11) is 0. The summed E-state index contributed by atoms with van der Waals surface area (Å²) < 4.78 is 2.40. The van der Waals surface area contributed by atoms with Gasteiger partial charge in [0.05, 0.1) is 6.04 Å². The van der Waals surface area contributed by atoms with Gasteiger partial charge in [-0.25, -0.2) is 0 Å². The molecule has 1 aromatic carbocycles. The fraction of sp³-hybridized carbons (Fsp3) is 0.261. The van der Waals surface area contributed by atoms with Gasteiger partial charge >= 0.3 is 0 Å². The van der Waals surface area contributed by atoms with Crippen LogP contribution in [0.2, 0.25) is 0 Å². The Balaban J connectivity index is 1.81. The summed E-state index contributed by atoms with van der Waals surface area (Å²) in [6.07, 6.45) is 15.9. The molecule has 0 N–H and O–H groups in total. The van der Waals surface area contributed by atoms with Crippen molar-refractivity contribution in [3.63, 3.8) is 0 Å². The number of likely N-dealkylation sites (N-methyl/N-ethyl adjacent to an activating group) is 1. The number of allylic oxidation sites excluding steroid dienone is 3. The average Bonchev–Trinajstić information content (AvgIpc) is 2.68. The van der Waals surface area contributed by atoms with Gasteiger partial charge in [-0.05, 0) is 43.8 Å². The van der Waals surface area contributed by atoms with Gasteiger partial charge in [-0.2, -0.15) is 4.57 Å². The maximum Gasteiger partial charge on any atom is 0.212 e. The number of benzene rings is 1. The topological polar surface area (TPSA) is 7.12 Å². The molecule has 2 heterocycles. The number of rotatable bonds is 3. The van der Waals surface area contributed by atoms with E-state index in [9.17, 15) is 0 Å². The first-order chi connectivity index (χ1) is 12.3. The summed E-state index contributed by atoms with van der Waals surface area (Å²) in [5.74, 6) is 0.423. The standard InChI is InChI=1S/C23H25N2/c1-3-24-16-15-19(21-10-6-8-12-23(21)24)17-20-14-13-18-9-5-7-11-22(18)25(20)4-2/h5-17,21,23H,3-4H2,1-2H3/q+1. The quantitative estimate of drug-likeness (QED) is 0.753. The fourth-order valence-corrected chi connectivity index (χ4v) is 4.00. The summed E-state index contributed by atoms with van der Waals surface area (Å²) >= 11 is 0. The number of aryl methyl sites for hydroxylation is 1. The normalized spacial score (nSPS) is 23.4. The molecule has 0 fully saturated rings. The van der Waals surface area contributed by atoms with Crippen molar-refractivity contribution < 1.29 is 4.57 Å². The van der Waals surface area contributed by atoms with Crippen molar-refractivity contribution in [3.8, 4) is 0 Å². The largest absolute Gasteiger partial charge is 0.370 e. The second-order valence-corrected chi connectivity index (χ2v) is 6.64. The van der Waals surface area contributed by atoms with Gasteiger partial charge in [-0.1, -0.05) is 36.4 Å². The molecule has 1 aliphatic carbocycles. The molecule has 126 valence electrons. The zero-order valence-electron chi connectivity index (χ0n) is 15.0. The lowest BCUT2D eigenvalue weighted by Gasteiger charge is -2.38. The Morgan fingerprint density at radius 3 is 2.72 bits per heavy atom. The molecule has 0 amide bonds. The van der Waals surface area contributed by atoms with Crippen LogP contribution in [0, 0.1) is 5.92 Å². The molecule has 2 aromatic rings. The van der Waals surface area contributed by atoms with Crippen LogP contribution >= 0.6 is 0 Å². The first-order valence-corrected chi connectivity index (χ1v) is 9.24. The molecule has 0 radical (unpaired) electrons. The van der Waals surface area contributed by atoms with Gasteiger partial charge in [0.2, 0.25) is 11.2 Å².